The largest absolute Gasteiger partial charge is 0.352 e. The number of pyridine rings is 1. The van der Waals surface area contributed by atoms with Gasteiger partial charge < -0.3 is 9.88 Å². The number of H-pyrrole nitrogens is 1. The molecule has 3 aromatic heterocycles. The maximum Gasteiger partial charge on any atom is 0.252 e. The van der Waals surface area contributed by atoms with Gasteiger partial charge in [0.1, 0.15) is 5.82 Å². The molecular formula is C23H27N7OS. The first-order valence-electron chi connectivity index (χ1n) is 10.7. The van der Waals surface area contributed by atoms with E-state index in [1.165, 1.54) is 0 Å². The van der Waals surface area contributed by atoms with Gasteiger partial charge in [-0.2, -0.15) is 10.2 Å². The van der Waals surface area contributed by atoms with Crippen LogP contribution in [-0.2, 0) is 6.42 Å². The van der Waals surface area contributed by atoms with Crippen molar-refractivity contribution in [3.05, 3.63) is 58.8 Å². The highest BCUT2D eigenvalue weighted by Gasteiger charge is 2.19. The summed E-state index contributed by atoms with van der Waals surface area (Å²) in [6, 6.07) is 12.0. The summed E-state index contributed by atoms with van der Waals surface area (Å²) in [4.78, 5) is 18.0. The van der Waals surface area contributed by atoms with Crippen molar-refractivity contribution in [3.8, 4) is 11.3 Å². The molecule has 0 aliphatic carbocycles. The summed E-state index contributed by atoms with van der Waals surface area (Å²) in [7, 11) is 0. The molecule has 9 heteroatoms. The second kappa shape index (κ2) is 9.04. The minimum atomic E-state index is -0.164. The smallest absolute Gasteiger partial charge is 0.252 e. The molecule has 8 nitrogen and oxygen atoms in total. The van der Waals surface area contributed by atoms with Gasteiger partial charge in [-0.15, -0.1) is 0 Å². The van der Waals surface area contributed by atoms with E-state index >= 15 is 0 Å². The summed E-state index contributed by atoms with van der Waals surface area (Å²) in [6.45, 7) is 8.64. The molecule has 0 aliphatic rings. The topological polar surface area (TPSA) is 93.4 Å². The summed E-state index contributed by atoms with van der Waals surface area (Å²) in [5, 5.41) is 15.4. The lowest BCUT2D eigenvalue weighted by Gasteiger charge is -2.12. The Kier molecular flexibility index (Phi) is 6.18. The Balaban J connectivity index is 1.64. The van der Waals surface area contributed by atoms with E-state index in [9.17, 15) is 4.79 Å². The summed E-state index contributed by atoms with van der Waals surface area (Å²) in [5.74, 6) is 0.658. The summed E-state index contributed by atoms with van der Waals surface area (Å²) in [5.41, 5.74) is 2.95. The molecular weight excluding hydrogens is 422 g/mol. The quantitative estimate of drug-likeness (QED) is 0.406. The zero-order valence-corrected chi connectivity index (χ0v) is 19.5. The van der Waals surface area contributed by atoms with Gasteiger partial charge >= 0.3 is 0 Å². The zero-order valence-electron chi connectivity index (χ0n) is 18.7. The van der Waals surface area contributed by atoms with Gasteiger partial charge in [0.2, 0.25) is 0 Å². The number of fused-ring (bicyclic) bond motifs is 1. The monoisotopic (exact) mass is 449 g/mol. The lowest BCUT2D eigenvalue weighted by atomic mass is 10.1. The van der Waals surface area contributed by atoms with Gasteiger partial charge in [-0.1, -0.05) is 30.3 Å². The number of carbonyl (C=O) groups is 1. The molecule has 0 saturated heterocycles. The van der Waals surface area contributed by atoms with Crippen LogP contribution < -0.4 is 5.32 Å². The average Bonchev–Trinajstić information content (AvgIpc) is 3.37. The molecule has 1 aromatic carbocycles. The first kappa shape index (κ1) is 21.9. The standard InChI is InChI=1S/C23H27N7OS/c1-14(2)29-20(27-28-23(29)32)10-11-24-22(31)17-12-19(16-8-6-5-7-9-16)26-21-18(17)13-25-30(21)15(3)4/h5-9,12-15H,10-11H2,1-4H3,(H,24,31)(H,28,32). The van der Waals surface area contributed by atoms with E-state index in [4.69, 9.17) is 17.2 Å². The van der Waals surface area contributed by atoms with Crippen molar-refractivity contribution in [2.24, 2.45) is 0 Å². The molecule has 0 radical (unpaired) electrons. The van der Waals surface area contributed by atoms with Crippen LogP contribution in [0.1, 0.15) is 56.0 Å². The molecule has 4 aromatic rings. The van der Waals surface area contributed by atoms with Gasteiger partial charge in [-0.3, -0.25) is 9.89 Å². The Morgan fingerprint density at radius 2 is 1.91 bits per heavy atom. The number of benzene rings is 1. The van der Waals surface area contributed by atoms with E-state index in [0.717, 1.165) is 22.5 Å². The van der Waals surface area contributed by atoms with E-state index < -0.39 is 0 Å². The van der Waals surface area contributed by atoms with Crippen LogP contribution in [0.25, 0.3) is 22.3 Å². The first-order valence-corrected chi connectivity index (χ1v) is 11.1. The molecule has 0 fully saturated rings. The van der Waals surface area contributed by atoms with Gasteiger partial charge in [0.25, 0.3) is 5.91 Å². The van der Waals surface area contributed by atoms with Gasteiger partial charge in [0.05, 0.1) is 22.8 Å². The van der Waals surface area contributed by atoms with Crippen LogP contribution in [0, 0.1) is 4.77 Å². The molecule has 1 amide bonds. The third kappa shape index (κ3) is 4.20. The third-order valence-electron chi connectivity index (χ3n) is 5.30. The predicted octanol–water partition coefficient (Wildman–Crippen LogP) is 4.49. The molecule has 166 valence electrons. The maximum absolute atomic E-state index is 13.2. The molecule has 0 bridgehead atoms. The average molecular weight is 450 g/mol. The molecule has 2 N–H and O–H groups in total. The minimum absolute atomic E-state index is 0.126. The van der Waals surface area contributed by atoms with E-state index in [2.05, 4.69) is 34.5 Å². The Hall–Kier alpha value is -3.33. The number of carbonyl (C=O) groups excluding carboxylic acids is 1. The second-order valence-corrected chi connectivity index (χ2v) is 8.64. The third-order valence-corrected chi connectivity index (χ3v) is 5.59. The van der Waals surface area contributed by atoms with Crippen LogP contribution in [0.4, 0.5) is 0 Å². The van der Waals surface area contributed by atoms with Crippen LogP contribution >= 0.6 is 12.2 Å². The molecule has 0 atom stereocenters. The van der Waals surface area contributed by atoms with Crippen molar-refractivity contribution >= 4 is 29.2 Å². The highest BCUT2D eigenvalue weighted by Crippen LogP contribution is 2.26. The highest BCUT2D eigenvalue weighted by atomic mass is 32.1. The van der Waals surface area contributed by atoms with E-state index in [1.807, 2.05) is 59.5 Å². The number of amides is 1. The molecule has 0 spiro atoms. The van der Waals surface area contributed by atoms with Crippen molar-refractivity contribution < 1.29 is 4.79 Å². The fourth-order valence-electron chi connectivity index (χ4n) is 3.77. The second-order valence-electron chi connectivity index (χ2n) is 8.26. The van der Waals surface area contributed by atoms with Gasteiger partial charge in [0, 0.05) is 30.6 Å². The molecule has 32 heavy (non-hydrogen) atoms. The van der Waals surface area contributed by atoms with Crippen molar-refractivity contribution in [1.82, 2.24) is 34.8 Å². The normalized spacial score (nSPS) is 11.6. The molecule has 0 unspecified atom stereocenters. The lowest BCUT2D eigenvalue weighted by Crippen LogP contribution is -2.27. The SMILES string of the molecule is CC(C)n1c(CCNC(=O)c2cc(-c3ccccc3)nc3c2cnn3C(C)C)n[nH]c1=S. The van der Waals surface area contributed by atoms with Crippen molar-refractivity contribution in [1.29, 1.82) is 0 Å². The highest BCUT2D eigenvalue weighted by molar-refractivity contribution is 7.71. The van der Waals surface area contributed by atoms with E-state index in [1.54, 1.807) is 6.20 Å². The molecule has 0 aliphatic heterocycles. The molecule has 4 rings (SSSR count). The summed E-state index contributed by atoms with van der Waals surface area (Å²) in [6.07, 6.45) is 2.29. The van der Waals surface area contributed by atoms with Crippen molar-refractivity contribution in [2.45, 2.75) is 46.2 Å². The number of nitrogens with zero attached hydrogens (tertiary/aromatic N) is 5. The van der Waals surface area contributed by atoms with Crippen LogP contribution in [0.2, 0.25) is 0 Å². The fourth-order valence-corrected chi connectivity index (χ4v) is 4.13. The number of aromatic amines is 1. The number of aromatic nitrogens is 6. The number of nitrogens with one attached hydrogen (secondary N) is 2. The Labute approximate surface area is 191 Å². The van der Waals surface area contributed by atoms with Crippen molar-refractivity contribution in [2.75, 3.05) is 6.54 Å². The Bertz CT molecular complexity index is 1300. The summed E-state index contributed by atoms with van der Waals surface area (Å²) >= 11 is 5.31. The Morgan fingerprint density at radius 3 is 2.59 bits per heavy atom. The van der Waals surface area contributed by atoms with E-state index in [0.29, 0.717) is 28.9 Å². The summed E-state index contributed by atoms with van der Waals surface area (Å²) < 4.78 is 4.40. The van der Waals surface area contributed by atoms with Crippen molar-refractivity contribution in [3.63, 3.8) is 0 Å². The molecule has 3 heterocycles. The van der Waals surface area contributed by atoms with Crippen LogP contribution in [0.3, 0.4) is 0 Å². The van der Waals surface area contributed by atoms with Crippen LogP contribution in [0.5, 0.6) is 0 Å². The molecule has 0 saturated carbocycles. The number of rotatable bonds is 7. The maximum atomic E-state index is 13.2. The van der Waals surface area contributed by atoms with Gasteiger partial charge in [0.15, 0.2) is 10.4 Å². The number of hydrogen-bond donors (Lipinski definition) is 2. The predicted molar refractivity (Wildman–Crippen MR) is 127 cm³/mol. The number of hydrogen-bond acceptors (Lipinski definition) is 5. The first-order chi connectivity index (χ1) is 15.4. The van der Waals surface area contributed by atoms with Crippen LogP contribution in [0.15, 0.2) is 42.6 Å². The van der Waals surface area contributed by atoms with E-state index in [-0.39, 0.29) is 18.0 Å². The van der Waals surface area contributed by atoms with Gasteiger partial charge in [-0.25, -0.2) is 9.67 Å². The Morgan fingerprint density at radius 1 is 1.16 bits per heavy atom. The van der Waals surface area contributed by atoms with Gasteiger partial charge in [-0.05, 0) is 46.0 Å². The lowest BCUT2D eigenvalue weighted by molar-refractivity contribution is 0.0955. The minimum Gasteiger partial charge on any atom is -0.352 e. The fraction of sp³-hybridized carbons (Fsp3) is 0.348. The zero-order chi connectivity index (χ0) is 22.8. The van der Waals surface area contributed by atoms with Crippen LogP contribution in [-0.4, -0.2) is 42.0 Å².